The SMILES string of the molecule is CC(C)(C)[C@H](NC(=O)N[C@H](CN1C(=O)c2ccccc2C1=O)C(C)(C)C)C(=O)N1C[C@@H]2CCC[C@@H]2[C@H]1C(=O)NC(CC1CCC1)C(O)C(N)=O.CC(C)(C)[C@H]([NH3+])C(=O)N1C[C@@H]2CCC[C@@H]2[C@H]1C(=O)NC(CC1CCC1)C(O)C(N)=O.O=C[O-]. The van der Waals surface area contributed by atoms with Gasteiger partial charge in [-0.1, -0.05) is 126 Å². The van der Waals surface area contributed by atoms with E-state index in [0.29, 0.717) is 48.9 Å². The fourth-order valence-electron chi connectivity index (χ4n) is 13.2. The third-order valence-electron chi connectivity index (χ3n) is 18.8. The summed E-state index contributed by atoms with van der Waals surface area (Å²) < 4.78 is 0. The van der Waals surface area contributed by atoms with Gasteiger partial charge in [-0.25, -0.2) is 4.79 Å². The molecule has 0 aromatic heterocycles. The number of amides is 10. The Labute approximate surface area is 488 Å². The number of carbonyl (C=O) groups is 10. The lowest BCUT2D eigenvalue weighted by Gasteiger charge is -2.38. The standard InChI is InChI=1S/C37H54N6O7.C22H38N4O4.CH2O2/c1-36(2,3)26(19-43-32(47)23-14-7-8-15-24(23)33(43)48)40-35(50)41-29(37(4,5)6)34(49)42-18-21-13-10-16-22(21)27(42)31(46)39-25(28(44)30(38)45)17-20-11-9-12-20;1-22(2,3)18(23)21(30)26-11-13-8-5-9-14(13)16(26)20(29)25-15(17(27)19(24)28)10-12-6-4-7-12;2-1-3/h7-8,14-15,20-22,25-29,44H,9-13,16-19H2,1-6H3,(H2,38,45)(H,39,46)(H2,40,41,50);12-18,27H,4-11,23H2,1-3H3,(H2,24,28)(H,25,29);1H,(H,2,3)/t21-,22-,25?,26+,27-,28?,29+;13-,14-,15?,16-,17?,18+;/m00./s1. The number of likely N-dealkylation sites (tertiary alicyclic amines) is 2. The van der Waals surface area contributed by atoms with Crippen molar-refractivity contribution in [3.63, 3.8) is 0 Å². The molecule has 83 heavy (non-hydrogen) atoms. The van der Waals surface area contributed by atoms with Gasteiger partial charge < -0.3 is 68.4 Å². The van der Waals surface area contributed by atoms with E-state index in [2.05, 4.69) is 27.0 Å². The molecular formula is C60H94N10O13. The van der Waals surface area contributed by atoms with E-state index in [9.17, 15) is 53.4 Å². The zero-order valence-electron chi connectivity index (χ0n) is 50.2. The number of imide groups is 1. The molecule has 7 aliphatic rings. The van der Waals surface area contributed by atoms with Gasteiger partial charge in [-0.3, -0.25) is 43.3 Å². The van der Waals surface area contributed by atoms with Crippen molar-refractivity contribution in [2.75, 3.05) is 19.6 Å². The molecule has 462 valence electrons. The first kappa shape index (κ1) is 65.9. The van der Waals surface area contributed by atoms with Gasteiger partial charge in [0.1, 0.15) is 18.1 Å². The molecule has 0 spiro atoms. The summed E-state index contributed by atoms with van der Waals surface area (Å²) in [5.74, 6) is -2.66. The van der Waals surface area contributed by atoms with Gasteiger partial charge in [0, 0.05) is 25.0 Å². The van der Waals surface area contributed by atoms with Gasteiger partial charge in [0.15, 0.2) is 18.2 Å². The van der Waals surface area contributed by atoms with Crippen molar-refractivity contribution in [3.8, 4) is 0 Å². The highest BCUT2D eigenvalue weighted by Gasteiger charge is 2.54. The third kappa shape index (κ3) is 15.6. The molecule has 1 aromatic rings. The molecule has 13 atom stereocenters. The second kappa shape index (κ2) is 27.2. The maximum atomic E-state index is 14.5. The fraction of sp³-hybridized carbons (Fsp3) is 0.733. The van der Waals surface area contributed by atoms with Crippen LogP contribution in [-0.2, 0) is 33.6 Å². The van der Waals surface area contributed by atoms with Crippen LogP contribution in [0.15, 0.2) is 24.3 Å². The number of nitrogens with two attached hydrogens (primary N) is 2. The van der Waals surface area contributed by atoms with Gasteiger partial charge in [-0.2, -0.15) is 0 Å². The Balaban J connectivity index is 0.000000285. The minimum absolute atomic E-state index is 0.0612. The Hall–Kier alpha value is -6.20. The van der Waals surface area contributed by atoms with Crippen LogP contribution in [0.4, 0.5) is 4.79 Å². The number of nitrogens with one attached hydrogen (secondary N) is 4. The first-order chi connectivity index (χ1) is 38.8. The number of rotatable bonds is 18. The molecule has 1 aromatic carbocycles. The van der Waals surface area contributed by atoms with Crippen LogP contribution in [0.1, 0.15) is 173 Å². The highest BCUT2D eigenvalue weighted by Crippen LogP contribution is 2.45. The van der Waals surface area contributed by atoms with Crippen LogP contribution in [0.25, 0.3) is 0 Å². The molecule has 13 N–H and O–H groups in total. The first-order valence-corrected chi connectivity index (χ1v) is 29.9. The summed E-state index contributed by atoms with van der Waals surface area (Å²) in [7, 11) is 0. The Bertz CT molecular complexity index is 2520. The van der Waals surface area contributed by atoms with Gasteiger partial charge in [0.2, 0.25) is 29.5 Å². The summed E-state index contributed by atoms with van der Waals surface area (Å²) in [4.78, 5) is 132. The van der Waals surface area contributed by atoms with E-state index in [1.165, 1.54) is 0 Å². The van der Waals surface area contributed by atoms with Gasteiger partial charge in [-0.05, 0) is 97.0 Å². The number of aliphatic hydroxyl groups is 2. The maximum Gasteiger partial charge on any atom is 0.315 e. The van der Waals surface area contributed by atoms with E-state index in [4.69, 9.17) is 21.4 Å². The Morgan fingerprint density at radius 2 is 1.02 bits per heavy atom. The van der Waals surface area contributed by atoms with E-state index in [-0.39, 0.29) is 47.4 Å². The number of aliphatic hydroxyl groups excluding tert-OH is 2. The molecule has 2 saturated heterocycles. The lowest BCUT2D eigenvalue weighted by atomic mass is 9.79. The van der Waals surface area contributed by atoms with Gasteiger partial charge in [-0.15, -0.1) is 0 Å². The van der Waals surface area contributed by atoms with Gasteiger partial charge in [0.25, 0.3) is 17.7 Å². The second-order valence-electron chi connectivity index (χ2n) is 27.7. The van der Waals surface area contributed by atoms with Gasteiger partial charge in [0.05, 0.1) is 35.8 Å². The lowest BCUT2D eigenvalue weighted by Crippen LogP contribution is -2.73. The average Bonchev–Trinajstić information content (AvgIpc) is 4.44. The molecule has 4 saturated carbocycles. The van der Waals surface area contributed by atoms with Crippen molar-refractivity contribution in [3.05, 3.63) is 35.4 Å². The number of carbonyl (C=O) groups excluding carboxylic acids is 10. The highest BCUT2D eigenvalue weighted by atomic mass is 16.3. The predicted molar refractivity (Wildman–Crippen MR) is 303 cm³/mol. The Kier molecular flexibility index (Phi) is 21.6. The number of nitrogens with zero attached hydrogens (tertiary/aromatic N) is 3. The summed E-state index contributed by atoms with van der Waals surface area (Å²) in [5.41, 5.74) is 13.9. The first-order valence-electron chi connectivity index (χ1n) is 29.9. The Morgan fingerprint density at radius 3 is 1.37 bits per heavy atom. The largest absolute Gasteiger partial charge is 0.554 e. The molecule has 3 heterocycles. The van der Waals surface area contributed by atoms with Crippen molar-refractivity contribution < 1.29 is 69.0 Å². The lowest BCUT2D eigenvalue weighted by molar-refractivity contribution is -0.428. The second-order valence-corrected chi connectivity index (χ2v) is 27.7. The minimum atomic E-state index is -1.55. The zero-order chi connectivity index (χ0) is 61.6. The molecule has 3 aliphatic heterocycles. The summed E-state index contributed by atoms with van der Waals surface area (Å²) in [6.45, 7) is 17.5. The number of urea groups is 1. The maximum absolute atomic E-state index is 14.5. The van der Waals surface area contributed by atoms with E-state index < -0.39 is 113 Å². The van der Waals surface area contributed by atoms with Crippen molar-refractivity contribution in [1.29, 1.82) is 0 Å². The fourth-order valence-corrected chi connectivity index (χ4v) is 13.2. The monoisotopic (exact) mass is 1160 g/mol. The summed E-state index contributed by atoms with van der Waals surface area (Å²) in [5, 5.41) is 40.8. The molecular weight excluding hydrogens is 1070 g/mol. The highest BCUT2D eigenvalue weighted by molar-refractivity contribution is 6.21. The van der Waals surface area contributed by atoms with Crippen LogP contribution in [0.3, 0.4) is 0 Å². The van der Waals surface area contributed by atoms with Crippen molar-refractivity contribution >= 4 is 59.8 Å². The number of fused-ring (bicyclic) bond motifs is 3. The average molecular weight is 1160 g/mol. The van der Waals surface area contributed by atoms with E-state index in [0.717, 1.165) is 81.9 Å². The number of quaternary nitrogens is 1. The summed E-state index contributed by atoms with van der Waals surface area (Å²) >= 11 is 0. The molecule has 0 bridgehead atoms. The summed E-state index contributed by atoms with van der Waals surface area (Å²) in [6, 6.07) is 0.865. The number of hydrogen-bond acceptors (Lipinski definition) is 13. The van der Waals surface area contributed by atoms with Crippen molar-refractivity contribution in [1.82, 2.24) is 36.0 Å². The van der Waals surface area contributed by atoms with Crippen LogP contribution in [0.5, 0.6) is 0 Å². The van der Waals surface area contributed by atoms with Crippen LogP contribution < -0.4 is 43.6 Å². The third-order valence-corrected chi connectivity index (χ3v) is 18.8. The quantitative estimate of drug-likeness (QED) is 0.0724. The van der Waals surface area contributed by atoms with Crippen LogP contribution in [-0.4, -0.2) is 159 Å². The minimum Gasteiger partial charge on any atom is -0.554 e. The molecule has 23 heteroatoms. The summed E-state index contributed by atoms with van der Waals surface area (Å²) in [6.07, 6.45) is 9.69. The van der Waals surface area contributed by atoms with Gasteiger partial charge >= 0.3 is 6.03 Å². The molecule has 4 aliphatic carbocycles. The van der Waals surface area contributed by atoms with E-state index >= 15 is 0 Å². The van der Waals surface area contributed by atoms with E-state index in [1.807, 2.05) is 62.3 Å². The number of primary amides is 2. The Morgan fingerprint density at radius 1 is 0.627 bits per heavy atom. The number of hydrogen-bond donors (Lipinski definition) is 9. The predicted octanol–water partition coefficient (Wildman–Crippen LogP) is 0.717. The zero-order valence-corrected chi connectivity index (χ0v) is 50.2. The van der Waals surface area contributed by atoms with Crippen LogP contribution >= 0.6 is 0 Å². The van der Waals surface area contributed by atoms with Crippen molar-refractivity contribution in [2.24, 2.45) is 63.2 Å². The number of benzene rings is 1. The topological polar surface area (TPSA) is 372 Å². The smallest absolute Gasteiger partial charge is 0.315 e. The molecule has 10 amide bonds. The molecule has 23 nitrogen and oxygen atoms in total. The molecule has 4 unspecified atom stereocenters. The number of carboxylic acid groups (broad SMARTS) is 1. The van der Waals surface area contributed by atoms with Crippen LogP contribution in [0, 0.1) is 51.8 Å². The molecule has 8 rings (SSSR count). The van der Waals surface area contributed by atoms with E-state index in [1.54, 1.807) is 34.1 Å². The van der Waals surface area contributed by atoms with Crippen molar-refractivity contribution in [2.45, 2.75) is 207 Å². The molecule has 0 radical (unpaired) electrons. The normalized spacial score (nSPS) is 25.6. The molecule has 6 fully saturated rings. The van der Waals surface area contributed by atoms with Crippen LogP contribution in [0.2, 0.25) is 0 Å².